The average molecular weight is 408 g/mol. The van der Waals surface area contributed by atoms with Crippen LogP contribution in [-0.2, 0) is 22.6 Å². The minimum Gasteiger partial charge on any atom is -0.456 e. The van der Waals surface area contributed by atoms with Crippen LogP contribution in [-0.4, -0.2) is 34.8 Å². The summed E-state index contributed by atoms with van der Waals surface area (Å²) in [4.78, 5) is 29.8. The van der Waals surface area contributed by atoms with Crippen LogP contribution in [0, 0.1) is 12.7 Å². The second-order valence-corrected chi connectivity index (χ2v) is 7.37. The van der Waals surface area contributed by atoms with Crippen LogP contribution in [0.4, 0.5) is 10.2 Å². The maximum Gasteiger partial charge on any atom is 0.246 e. The summed E-state index contributed by atoms with van der Waals surface area (Å²) in [5.41, 5.74) is 8.34. The first kappa shape index (κ1) is 19.8. The number of halogens is 1. The Bertz CT molecular complexity index is 1180. The molecule has 3 N–H and O–H groups in total. The number of pyridine rings is 1. The standard InChI is InChI=1S/C22H21FN4O3/c1-12-15-4-3-5-16(23)20(15)30-18(12)11-27(2)19(28)7-6-13-8-14-9-17(24)22(29)26-21(14)25-10-13/h3-8,10,17H,9,11,24H2,1-2H3,(H,25,26,29)/b7-6+. The van der Waals surface area contributed by atoms with Gasteiger partial charge in [0.1, 0.15) is 11.6 Å². The minimum absolute atomic E-state index is 0.201. The Morgan fingerprint density at radius 1 is 1.47 bits per heavy atom. The number of nitrogens with two attached hydrogens (primary N) is 1. The van der Waals surface area contributed by atoms with Crippen molar-refractivity contribution in [2.75, 3.05) is 12.4 Å². The van der Waals surface area contributed by atoms with Crippen LogP contribution in [0.3, 0.4) is 0 Å². The predicted molar refractivity (Wildman–Crippen MR) is 111 cm³/mol. The summed E-state index contributed by atoms with van der Waals surface area (Å²) in [6.45, 7) is 2.06. The van der Waals surface area contributed by atoms with E-state index in [-0.39, 0.29) is 23.9 Å². The molecule has 4 rings (SSSR count). The third kappa shape index (κ3) is 3.69. The van der Waals surface area contributed by atoms with Gasteiger partial charge in [-0.3, -0.25) is 9.59 Å². The molecule has 1 aromatic carbocycles. The zero-order chi connectivity index (χ0) is 21.4. The molecular weight excluding hydrogens is 387 g/mol. The molecule has 7 nitrogen and oxygen atoms in total. The van der Waals surface area contributed by atoms with Gasteiger partial charge in [0.2, 0.25) is 11.8 Å². The summed E-state index contributed by atoms with van der Waals surface area (Å²) in [7, 11) is 1.65. The molecule has 154 valence electrons. The molecule has 8 heteroatoms. The minimum atomic E-state index is -0.608. The van der Waals surface area contributed by atoms with Crippen molar-refractivity contribution < 1.29 is 18.4 Å². The van der Waals surface area contributed by atoms with Crippen molar-refractivity contribution in [3.05, 3.63) is 64.8 Å². The monoisotopic (exact) mass is 408 g/mol. The number of hydrogen-bond acceptors (Lipinski definition) is 5. The predicted octanol–water partition coefficient (Wildman–Crippen LogP) is 2.77. The summed E-state index contributed by atoms with van der Waals surface area (Å²) in [6.07, 6.45) is 5.06. The van der Waals surface area contributed by atoms with Crippen molar-refractivity contribution in [2.24, 2.45) is 5.73 Å². The van der Waals surface area contributed by atoms with Crippen molar-refractivity contribution in [2.45, 2.75) is 25.9 Å². The zero-order valence-corrected chi connectivity index (χ0v) is 16.6. The maximum absolute atomic E-state index is 13.9. The fourth-order valence-corrected chi connectivity index (χ4v) is 3.42. The topological polar surface area (TPSA) is 101 Å². The van der Waals surface area contributed by atoms with Gasteiger partial charge in [0.15, 0.2) is 11.4 Å². The number of aryl methyl sites for hydroxylation is 1. The molecule has 0 aliphatic carbocycles. The molecule has 1 aliphatic heterocycles. The molecular formula is C22H21FN4O3. The molecule has 0 fully saturated rings. The smallest absolute Gasteiger partial charge is 0.246 e. The molecule has 1 aliphatic rings. The van der Waals surface area contributed by atoms with Crippen molar-refractivity contribution in [1.29, 1.82) is 0 Å². The molecule has 0 saturated carbocycles. The van der Waals surface area contributed by atoms with Crippen molar-refractivity contribution in [3.63, 3.8) is 0 Å². The number of carbonyl (C=O) groups excluding carboxylic acids is 2. The summed E-state index contributed by atoms with van der Waals surface area (Å²) < 4.78 is 19.6. The summed E-state index contributed by atoms with van der Waals surface area (Å²) in [5.74, 6) is 0.120. The summed E-state index contributed by atoms with van der Waals surface area (Å²) >= 11 is 0. The van der Waals surface area contributed by atoms with Gasteiger partial charge in [-0.2, -0.15) is 0 Å². The summed E-state index contributed by atoms with van der Waals surface area (Å²) in [6, 6.07) is 6.00. The van der Waals surface area contributed by atoms with Crippen LogP contribution in [0.2, 0.25) is 0 Å². The van der Waals surface area contributed by atoms with Gasteiger partial charge in [-0.1, -0.05) is 12.1 Å². The highest BCUT2D eigenvalue weighted by Crippen LogP contribution is 2.28. The number of rotatable bonds is 4. The number of aromatic nitrogens is 1. The normalized spacial score (nSPS) is 16.0. The first-order valence-corrected chi connectivity index (χ1v) is 9.48. The highest BCUT2D eigenvalue weighted by atomic mass is 19.1. The van der Waals surface area contributed by atoms with Crippen molar-refractivity contribution in [1.82, 2.24) is 9.88 Å². The Kier molecular flexibility index (Phi) is 5.09. The van der Waals surface area contributed by atoms with E-state index in [1.54, 1.807) is 31.5 Å². The summed E-state index contributed by atoms with van der Waals surface area (Å²) in [5, 5.41) is 3.36. The lowest BCUT2D eigenvalue weighted by molar-refractivity contribution is -0.125. The number of hydrogen-bond donors (Lipinski definition) is 2. The van der Waals surface area contributed by atoms with E-state index in [0.717, 1.165) is 16.7 Å². The molecule has 1 unspecified atom stereocenters. The molecule has 0 saturated heterocycles. The van der Waals surface area contributed by atoms with E-state index in [1.165, 1.54) is 17.0 Å². The Morgan fingerprint density at radius 2 is 2.27 bits per heavy atom. The van der Waals surface area contributed by atoms with Crippen molar-refractivity contribution in [3.8, 4) is 0 Å². The van der Waals surface area contributed by atoms with E-state index in [1.807, 2.05) is 13.0 Å². The Labute approximate surface area is 172 Å². The quantitative estimate of drug-likeness (QED) is 0.647. The number of carbonyl (C=O) groups is 2. The highest BCUT2D eigenvalue weighted by molar-refractivity contribution is 5.97. The number of nitrogens with zero attached hydrogens (tertiary/aromatic N) is 2. The van der Waals surface area contributed by atoms with Gasteiger partial charge in [0, 0.05) is 36.7 Å². The molecule has 0 bridgehead atoms. The van der Waals surface area contributed by atoms with E-state index < -0.39 is 11.9 Å². The van der Waals surface area contributed by atoms with Crippen LogP contribution in [0.5, 0.6) is 0 Å². The number of furan rings is 1. The van der Waals surface area contributed by atoms with Gasteiger partial charge in [0.25, 0.3) is 0 Å². The molecule has 0 radical (unpaired) electrons. The third-order valence-corrected chi connectivity index (χ3v) is 5.20. The fraction of sp³-hybridized carbons (Fsp3) is 0.227. The number of fused-ring (bicyclic) bond motifs is 2. The second kappa shape index (κ2) is 7.72. The van der Waals surface area contributed by atoms with E-state index in [0.29, 0.717) is 23.4 Å². The Hall–Kier alpha value is -3.52. The third-order valence-electron chi connectivity index (χ3n) is 5.20. The molecule has 2 amide bonds. The van der Waals surface area contributed by atoms with Crippen molar-refractivity contribution >= 4 is 34.7 Å². The number of para-hydroxylation sites is 1. The second-order valence-electron chi connectivity index (χ2n) is 7.37. The Morgan fingerprint density at radius 3 is 3.03 bits per heavy atom. The van der Waals surface area contributed by atoms with Crippen LogP contribution >= 0.6 is 0 Å². The number of amides is 2. The SMILES string of the molecule is Cc1c(CN(C)C(=O)/C=C/c2cnc3c(c2)CC(N)C(=O)N3)oc2c(F)cccc12. The molecule has 1 atom stereocenters. The van der Waals surface area contributed by atoms with Gasteiger partial charge >= 0.3 is 0 Å². The Balaban J connectivity index is 1.47. The van der Waals surface area contributed by atoms with E-state index in [2.05, 4.69) is 10.3 Å². The first-order valence-electron chi connectivity index (χ1n) is 9.48. The van der Waals surface area contributed by atoms with Crippen LogP contribution in [0.15, 0.2) is 41.0 Å². The number of nitrogens with one attached hydrogen (secondary N) is 1. The van der Waals surface area contributed by atoms with Gasteiger partial charge in [-0.15, -0.1) is 0 Å². The molecule has 30 heavy (non-hydrogen) atoms. The van der Waals surface area contributed by atoms with Gasteiger partial charge in [0.05, 0.1) is 12.6 Å². The maximum atomic E-state index is 13.9. The van der Waals surface area contributed by atoms with E-state index in [9.17, 15) is 14.0 Å². The lowest BCUT2D eigenvalue weighted by Crippen LogP contribution is -2.41. The van der Waals surface area contributed by atoms with E-state index >= 15 is 0 Å². The average Bonchev–Trinajstić information content (AvgIpc) is 3.04. The number of anilines is 1. The van der Waals surface area contributed by atoms with Crippen LogP contribution in [0.25, 0.3) is 17.0 Å². The molecule has 3 aromatic rings. The first-order chi connectivity index (χ1) is 14.3. The van der Waals surface area contributed by atoms with Crippen LogP contribution in [0.1, 0.15) is 22.5 Å². The molecule has 3 heterocycles. The molecule has 0 spiro atoms. The lowest BCUT2D eigenvalue weighted by atomic mass is 10.0. The highest BCUT2D eigenvalue weighted by Gasteiger charge is 2.23. The number of likely N-dealkylation sites (N-methyl/N-ethyl adjacent to an activating group) is 1. The lowest BCUT2D eigenvalue weighted by Gasteiger charge is -2.20. The largest absolute Gasteiger partial charge is 0.456 e. The van der Waals surface area contributed by atoms with Gasteiger partial charge < -0.3 is 20.4 Å². The van der Waals surface area contributed by atoms with Crippen LogP contribution < -0.4 is 11.1 Å². The fourth-order valence-electron chi connectivity index (χ4n) is 3.42. The van der Waals surface area contributed by atoms with Gasteiger partial charge in [-0.05, 0) is 36.3 Å². The number of benzene rings is 1. The zero-order valence-electron chi connectivity index (χ0n) is 16.6. The van der Waals surface area contributed by atoms with E-state index in [4.69, 9.17) is 10.2 Å². The molecule has 2 aromatic heterocycles. The van der Waals surface area contributed by atoms with Gasteiger partial charge in [-0.25, -0.2) is 9.37 Å².